The second kappa shape index (κ2) is 44.5. The first kappa shape index (κ1) is 58.9. The predicted octanol–water partition coefficient (Wildman–Crippen LogP) is 14.4. The second-order valence-electron chi connectivity index (χ2n) is 17.4. The van der Waals surface area contributed by atoms with Crippen molar-refractivity contribution in [1.82, 2.24) is 0 Å². The van der Waals surface area contributed by atoms with E-state index in [1.165, 1.54) is 103 Å². The van der Waals surface area contributed by atoms with E-state index in [0.717, 1.165) is 64.2 Å². The summed E-state index contributed by atoms with van der Waals surface area (Å²) in [5, 5.41) is 0. The summed E-state index contributed by atoms with van der Waals surface area (Å²) in [6, 6.07) is 0. The van der Waals surface area contributed by atoms with Gasteiger partial charge in [-0.05, 0) is 64.2 Å². The van der Waals surface area contributed by atoms with Crippen molar-refractivity contribution in [2.45, 2.75) is 200 Å². The third-order valence-electron chi connectivity index (χ3n) is 10.3. The standard InChI is InChI=1S/C52H94NO7P/c1-6-8-10-12-14-16-18-20-22-24-26-27-28-29-31-33-35-37-39-41-43-45-52(54)60-51(50-59-61(55,56)58-48-46-53(3,4)5)49-57-47-44-42-40-38-36-34-32-30-25-23-21-19-17-15-13-11-9-7-2/h8,10,14,16,20,22,26-27,29,31,35,37,51H,6-7,9,11-13,15,17-19,21,23-25,28,30,32-34,36,38-50H2,1-5H3/b10-8-,16-14-,22-20-,27-26-,31-29-,37-35-. The number of phosphoric ester groups is 1. The first-order valence-corrected chi connectivity index (χ1v) is 26.1. The number of unbranched alkanes of at least 4 members (excludes halogenated alkanes) is 19. The van der Waals surface area contributed by atoms with Crippen molar-refractivity contribution in [2.75, 3.05) is 54.1 Å². The summed E-state index contributed by atoms with van der Waals surface area (Å²) in [4.78, 5) is 25.1. The third-order valence-corrected chi connectivity index (χ3v) is 11.2. The molecule has 0 aromatic rings. The first-order valence-electron chi connectivity index (χ1n) is 24.7. The zero-order valence-electron chi connectivity index (χ0n) is 40.1. The lowest BCUT2D eigenvalue weighted by molar-refractivity contribution is -0.870. The number of hydrogen-bond donors (Lipinski definition) is 0. The highest BCUT2D eigenvalue weighted by Gasteiger charge is 2.20. The smallest absolute Gasteiger partial charge is 0.306 e. The SMILES string of the molecule is CC/C=C\C/C=C\C/C=C\C/C=C\C/C=C\C/C=C\CCCCC(=O)OC(COCCCCCCCCCCCCCCCCCCCC)COP(=O)([O-])OCC[N+](C)(C)C. The maximum absolute atomic E-state index is 12.7. The highest BCUT2D eigenvalue weighted by atomic mass is 31.2. The number of quaternary nitrogens is 1. The minimum Gasteiger partial charge on any atom is -0.756 e. The lowest BCUT2D eigenvalue weighted by Crippen LogP contribution is -2.37. The molecule has 0 fully saturated rings. The van der Waals surface area contributed by atoms with Crippen molar-refractivity contribution in [3.8, 4) is 0 Å². The van der Waals surface area contributed by atoms with Crippen LogP contribution >= 0.6 is 7.82 Å². The van der Waals surface area contributed by atoms with Crippen LogP contribution in [0.15, 0.2) is 72.9 Å². The zero-order valence-corrected chi connectivity index (χ0v) is 41.0. The Morgan fingerprint density at radius 3 is 1.39 bits per heavy atom. The van der Waals surface area contributed by atoms with Crippen LogP contribution in [-0.2, 0) is 27.9 Å². The van der Waals surface area contributed by atoms with E-state index in [4.69, 9.17) is 18.5 Å². The molecule has 0 spiro atoms. The van der Waals surface area contributed by atoms with Crippen LogP contribution in [0.5, 0.6) is 0 Å². The average molecular weight is 876 g/mol. The number of ether oxygens (including phenoxy) is 2. The van der Waals surface area contributed by atoms with Crippen molar-refractivity contribution in [2.24, 2.45) is 0 Å². The Morgan fingerprint density at radius 2 is 0.951 bits per heavy atom. The molecular weight excluding hydrogens is 782 g/mol. The molecule has 354 valence electrons. The van der Waals surface area contributed by atoms with Crippen molar-refractivity contribution in [3.63, 3.8) is 0 Å². The number of allylic oxidation sites excluding steroid dienone is 12. The number of likely N-dealkylation sites (N-methyl/N-ethyl adjacent to an activating group) is 1. The average Bonchev–Trinajstić information content (AvgIpc) is 3.22. The fraction of sp³-hybridized carbons (Fsp3) is 0.750. The van der Waals surface area contributed by atoms with E-state index in [2.05, 4.69) is 86.8 Å². The van der Waals surface area contributed by atoms with Crippen LogP contribution in [0.2, 0.25) is 0 Å². The Hall–Kier alpha value is -2.06. The molecule has 2 atom stereocenters. The van der Waals surface area contributed by atoms with Crippen LogP contribution in [0.1, 0.15) is 194 Å². The van der Waals surface area contributed by atoms with Gasteiger partial charge < -0.3 is 27.9 Å². The van der Waals surface area contributed by atoms with E-state index in [-0.39, 0.29) is 32.2 Å². The van der Waals surface area contributed by atoms with Gasteiger partial charge in [-0.2, -0.15) is 0 Å². The lowest BCUT2D eigenvalue weighted by Gasteiger charge is -2.28. The molecule has 0 aromatic carbocycles. The fourth-order valence-corrected chi connectivity index (χ4v) is 7.22. The van der Waals surface area contributed by atoms with Gasteiger partial charge in [-0.15, -0.1) is 0 Å². The van der Waals surface area contributed by atoms with E-state index in [9.17, 15) is 14.3 Å². The maximum atomic E-state index is 12.7. The molecule has 0 radical (unpaired) electrons. The molecule has 0 bridgehead atoms. The summed E-state index contributed by atoms with van der Waals surface area (Å²) in [6.45, 7) is 5.25. The van der Waals surface area contributed by atoms with E-state index < -0.39 is 13.9 Å². The molecule has 0 N–H and O–H groups in total. The van der Waals surface area contributed by atoms with Crippen molar-refractivity contribution >= 4 is 13.8 Å². The second-order valence-corrected chi connectivity index (χ2v) is 18.9. The number of phosphoric acid groups is 1. The van der Waals surface area contributed by atoms with Gasteiger partial charge in [0.25, 0.3) is 7.82 Å². The molecule has 9 heteroatoms. The van der Waals surface area contributed by atoms with Gasteiger partial charge in [-0.25, -0.2) is 0 Å². The Bertz CT molecular complexity index is 1200. The Balaban J connectivity index is 4.27. The van der Waals surface area contributed by atoms with Crippen LogP contribution < -0.4 is 4.89 Å². The number of carbonyl (C=O) groups excluding carboxylic acids is 1. The minimum atomic E-state index is -4.54. The quantitative estimate of drug-likeness (QED) is 0.0198. The number of carbonyl (C=O) groups is 1. The van der Waals surface area contributed by atoms with E-state index in [1.807, 2.05) is 21.1 Å². The molecule has 0 saturated heterocycles. The Kier molecular flexibility index (Phi) is 43.0. The number of hydrogen-bond acceptors (Lipinski definition) is 7. The van der Waals surface area contributed by atoms with E-state index in [1.54, 1.807) is 0 Å². The summed E-state index contributed by atoms with van der Waals surface area (Å²) in [5.74, 6) is -0.375. The molecule has 0 rings (SSSR count). The van der Waals surface area contributed by atoms with Gasteiger partial charge in [-0.3, -0.25) is 9.36 Å². The first-order chi connectivity index (χ1) is 29.6. The Morgan fingerprint density at radius 1 is 0.525 bits per heavy atom. The van der Waals surface area contributed by atoms with E-state index in [0.29, 0.717) is 24.1 Å². The summed E-state index contributed by atoms with van der Waals surface area (Å²) >= 11 is 0. The summed E-state index contributed by atoms with van der Waals surface area (Å²) in [7, 11) is 1.32. The van der Waals surface area contributed by atoms with Crippen LogP contribution in [0.25, 0.3) is 0 Å². The van der Waals surface area contributed by atoms with Crippen LogP contribution in [0, 0.1) is 0 Å². The normalized spacial score (nSPS) is 14.3. The van der Waals surface area contributed by atoms with Gasteiger partial charge in [0.1, 0.15) is 19.3 Å². The van der Waals surface area contributed by atoms with Gasteiger partial charge >= 0.3 is 5.97 Å². The molecule has 0 amide bonds. The van der Waals surface area contributed by atoms with Gasteiger partial charge in [0, 0.05) is 13.0 Å². The zero-order chi connectivity index (χ0) is 44.8. The van der Waals surface area contributed by atoms with Gasteiger partial charge in [-0.1, -0.05) is 196 Å². The largest absolute Gasteiger partial charge is 0.756 e. The summed E-state index contributed by atoms with van der Waals surface area (Å²) in [6.07, 6.45) is 57.8. The van der Waals surface area contributed by atoms with Gasteiger partial charge in [0.05, 0.1) is 34.4 Å². The van der Waals surface area contributed by atoms with Gasteiger partial charge in [0.2, 0.25) is 0 Å². The van der Waals surface area contributed by atoms with Crippen molar-refractivity contribution in [3.05, 3.63) is 72.9 Å². The number of rotatable bonds is 45. The minimum absolute atomic E-state index is 0.0152. The summed E-state index contributed by atoms with van der Waals surface area (Å²) < 4.78 is 34.7. The lowest BCUT2D eigenvalue weighted by atomic mass is 10.0. The number of nitrogens with zero attached hydrogens (tertiary/aromatic N) is 1. The molecule has 0 aliphatic carbocycles. The van der Waals surface area contributed by atoms with Gasteiger partial charge in [0.15, 0.2) is 0 Å². The molecule has 0 aromatic heterocycles. The van der Waals surface area contributed by atoms with Crippen LogP contribution in [0.4, 0.5) is 0 Å². The molecule has 0 saturated carbocycles. The molecule has 0 aliphatic rings. The van der Waals surface area contributed by atoms with E-state index >= 15 is 0 Å². The molecular formula is C52H94NO7P. The molecule has 0 heterocycles. The maximum Gasteiger partial charge on any atom is 0.306 e. The molecule has 2 unspecified atom stereocenters. The van der Waals surface area contributed by atoms with Crippen LogP contribution in [0.3, 0.4) is 0 Å². The highest BCUT2D eigenvalue weighted by Crippen LogP contribution is 2.38. The molecule has 8 nitrogen and oxygen atoms in total. The fourth-order valence-electron chi connectivity index (χ4n) is 6.49. The predicted molar refractivity (Wildman–Crippen MR) is 259 cm³/mol. The van der Waals surface area contributed by atoms with Crippen LogP contribution in [-0.4, -0.2) is 70.7 Å². The molecule has 0 aliphatic heterocycles. The van der Waals surface area contributed by atoms with Crippen molar-refractivity contribution < 1.29 is 37.3 Å². The monoisotopic (exact) mass is 876 g/mol. The summed E-state index contributed by atoms with van der Waals surface area (Å²) in [5.41, 5.74) is 0. The third kappa shape index (κ3) is 48.8. The topological polar surface area (TPSA) is 94.1 Å². The highest BCUT2D eigenvalue weighted by molar-refractivity contribution is 7.45. The van der Waals surface area contributed by atoms with Crippen molar-refractivity contribution in [1.29, 1.82) is 0 Å². The molecule has 61 heavy (non-hydrogen) atoms. The Labute approximate surface area is 376 Å². The number of esters is 1.